The molecule has 0 unspecified atom stereocenters. The number of aromatic nitrogens is 2. The Bertz CT molecular complexity index is 654. The number of nitriles is 1. The van der Waals surface area contributed by atoms with Gasteiger partial charge in [-0.25, -0.2) is 4.98 Å². The molecule has 3 nitrogen and oxygen atoms in total. The van der Waals surface area contributed by atoms with E-state index in [0.29, 0.717) is 11.6 Å². The molecular formula is C15H15N3. The van der Waals surface area contributed by atoms with Crippen LogP contribution in [-0.2, 0) is 6.42 Å². The summed E-state index contributed by atoms with van der Waals surface area (Å²) in [5.74, 6) is 2.10. The number of rotatable bonds is 3. The monoisotopic (exact) mass is 237 g/mol. The molecule has 2 fully saturated rings. The van der Waals surface area contributed by atoms with E-state index in [2.05, 4.69) is 16.7 Å². The topological polar surface area (TPSA) is 41.6 Å². The number of fused-ring (bicyclic) bond motifs is 1. The standard InChI is InChI=1S/C15H15N3/c16-9-11-3-6-14-13(7-11)17-15(8-10-1-2-10)18(14)12-4-5-12/h3,6-7,10,12H,1-2,4-5,8H2. The number of benzene rings is 1. The Hall–Kier alpha value is -1.82. The molecule has 0 bridgehead atoms. The van der Waals surface area contributed by atoms with Crippen molar-refractivity contribution in [2.45, 2.75) is 38.1 Å². The molecule has 0 spiro atoms. The van der Waals surface area contributed by atoms with Crippen LogP contribution in [0.4, 0.5) is 0 Å². The SMILES string of the molecule is N#Cc1ccc2c(c1)nc(CC1CC1)n2C1CC1. The summed E-state index contributed by atoms with van der Waals surface area (Å²) in [7, 11) is 0. The summed E-state index contributed by atoms with van der Waals surface area (Å²) < 4.78 is 2.43. The minimum atomic E-state index is 0.664. The van der Waals surface area contributed by atoms with Crippen LogP contribution in [0.15, 0.2) is 18.2 Å². The van der Waals surface area contributed by atoms with Gasteiger partial charge in [-0.05, 0) is 49.8 Å². The van der Waals surface area contributed by atoms with Gasteiger partial charge in [-0.2, -0.15) is 5.26 Å². The van der Waals surface area contributed by atoms with Crippen molar-refractivity contribution < 1.29 is 0 Å². The molecule has 2 aliphatic carbocycles. The van der Waals surface area contributed by atoms with E-state index in [4.69, 9.17) is 10.2 Å². The van der Waals surface area contributed by atoms with Gasteiger partial charge in [0.05, 0.1) is 22.7 Å². The second-order valence-electron chi connectivity index (χ2n) is 5.59. The molecule has 18 heavy (non-hydrogen) atoms. The maximum absolute atomic E-state index is 8.97. The molecule has 0 N–H and O–H groups in total. The molecule has 0 amide bonds. The van der Waals surface area contributed by atoms with Gasteiger partial charge in [0.2, 0.25) is 0 Å². The van der Waals surface area contributed by atoms with Gasteiger partial charge in [0, 0.05) is 12.5 Å². The minimum Gasteiger partial charge on any atom is -0.325 e. The summed E-state index contributed by atoms with van der Waals surface area (Å²) in [5, 5.41) is 8.97. The molecule has 90 valence electrons. The highest BCUT2D eigenvalue weighted by molar-refractivity contribution is 5.78. The van der Waals surface area contributed by atoms with Gasteiger partial charge >= 0.3 is 0 Å². The van der Waals surface area contributed by atoms with E-state index in [1.54, 1.807) is 0 Å². The van der Waals surface area contributed by atoms with Crippen LogP contribution in [0, 0.1) is 17.2 Å². The second kappa shape index (κ2) is 3.58. The molecule has 4 rings (SSSR count). The molecule has 2 aromatic rings. The quantitative estimate of drug-likeness (QED) is 0.822. The van der Waals surface area contributed by atoms with Crippen LogP contribution < -0.4 is 0 Å². The van der Waals surface area contributed by atoms with Crippen LogP contribution >= 0.6 is 0 Å². The van der Waals surface area contributed by atoms with E-state index in [0.717, 1.165) is 17.9 Å². The van der Waals surface area contributed by atoms with Gasteiger partial charge in [-0.1, -0.05) is 0 Å². The number of nitrogens with zero attached hydrogens (tertiary/aromatic N) is 3. The highest BCUT2D eigenvalue weighted by Crippen LogP contribution is 2.41. The smallest absolute Gasteiger partial charge is 0.110 e. The van der Waals surface area contributed by atoms with Crippen LogP contribution in [0.5, 0.6) is 0 Å². The predicted molar refractivity (Wildman–Crippen MR) is 69.1 cm³/mol. The van der Waals surface area contributed by atoms with Crippen LogP contribution in [0.1, 0.15) is 43.1 Å². The van der Waals surface area contributed by atoms with Crippen molar-refractivity contribution in [3.05, 3.63) is 29.6 Å². The maximum atomic E-state index is 8.97. The molecule has 2 saturated carbocycles. The lowest BCUT2D eigenvalue weighted by Gasteiger charge is -2.06. The summed E-state index contributed by atoms with van der Waals surface area (Å²) in [6.45, 7) is 0. The Morgan fingerprint density at radius 2 is 2.11 bits per heavy atom. The van der Waals surface area contributed by atoms with Crippen LogP contribution in [0.3, 0.4) is 0 Å². The third-order valence-corrected chi connectivity index (χ3v) is 3.97. The average Bonchev–Trinajstić information content (AvgIpc) is 3.28. The average molecular weight is 237 g/mol. The van der Waals surface area contributed by atoms with Crippen LogP contribution in [0.25, 0.3) is 11.0 Å². The Kier molecular flexibility index (Phi) is 2.02. The van der Waals surface area contributed by atoms with Crippen LogP contribution in [0.2, 0.25) is 0 Å². The van der Waals surface area contributed by atoms with Crippen molar-refractivity contribution in [2.24, 2.45) is 5.92 Å². The largest absolute Gasteiger partial charge is 0.325 e. The number of hydrogen-bond acceptors (Lipinski definition) is 2. The summed E-state index contributed by atoms with van der Waals surface area (Å²) in [4.78, 5) is 4.77. The van der Waals surface area contributed by atoms with Crippen molar-refractivity contribution >= 4 is 11.0 Å². The molecule has 1 heterocycles. The fourth-order valence-corrected chi connectivity index (χ4v) is 2.68. The highest BCUT2D eigenvalue weighted by Gasteiger charge is 2.31. The summed E-state index contributed by atoms with van der Waals surface area (Å²) in [6, 6.07) is 8.75. The number of imidazole rings is 1. The van der Waals surface area contributed by atoms with E-state index in [-0.39, 0.29) is 0 Å². The van der Waals surface area contributed by atoms with Gasteiger partial charge in [-0.3, -0.25) is 0 Å². The predicted octanol–water partition coefficient (Wildman–Crippen LogP) is 3.20. The minimum absolute atomic E-state index is 0.664. The normalized spacial score (nSPS) is 19.1. The fourth-order valence-electron chi connectivity index (χ4n) is 2.68. The van der Waals surface area contributed by atoms with Crippen molar-refractivity contribution in [2.75, 3.05) is 0 Å². The second-order valence-corrected chi connectivity index (χ2v) is 5.59. The zero-order chi connectivity index (χ0) is 12.1. The van der Waals surface area contributed by atoms with E-state index in [1.165, 1.54) is 37.0 Å². The summed E-state index contributed by atoms with van der Waals surface area (Å²) in [5.41, 5.74) is 2.92. The first-order chi connectivity index (χ1) is 8.85. The Balaban J connectivity index is 1.87. The molecule has 0 radical (unpaired) electrons. The third kappa shape index (κ3) is 1.60. The highest BCUT2D eigenvalue weighted by atomic mass is 15.1. The third-order valence-electron chi connectivity index (χ3n) is 3.97. The Morgan fingerprint density at radius 1 is 1.28 bits per heavy atom. The van der Waals surface area contributed by atoms with Gasteiger partial charge in [0.1, 0.15) is 5.82 Å². The molecule has 1 aromatic carbocycles. The van der Waals surface area contributed by atoms with Gasteiger partial charge in [0.15, 0.2) is 0 Å². The lowest BCUT2D eigenvalue weighted by atomic mass is 10.2. The fraction of sp³-hybridized carbons (Fsp3) is 0.467. The Labute approximate surface area is 106 Å². The van der Waals surface area contributed by atoms with Crippen molar-refractivity contribution in [1.82, 2.24) is 9.55 Å². The molecular weight excluding hydrogens is 222 g/mol. The molecule has 2 aliphatic rings. The van der Waals surface area contributed by atoms with E-state index < -0.39 is 0 Å². The van der Waals surface area contributed by atoms with Crippen molar-refractivity contribution in [1.29, 1.82) is 5.26 Å². The zero-order valence-corrected chi connectivity index (χ0v) is 10.3. The maximum Gasteiger partial charge on any atom is 0.110 e. The van der Waals surface area contributed by atoms with Crippen LogP contribution in [-0.4, -0.2) is 9.55 Å². The first-order valence-corrected chi connectivity index (χ1v) is 6.76. The zero-order valence-electron chi connectivity index (χ0n) is 10.3. The summed E-state index contributed by atoms with van der Waals surface area (Å²) in [6.07, 6.45) is 6.40. The number of hydrogen-bond donors (Lipinski definition) is 0. The molecule has 0 aliphatic heterocycles. The van der Waals surface area contributed by atoms with Gasteiger partial charge < -0.3 is 4.57 Å². The van der Waals surface area contributed by atoms with E-state index >= 15 is 0 Å². The van der Waals surface area contributed by atoms with Gasteiger partial charge in [0.25, 0.3) is 0 Å². The molecule has 0 atom stereocenters. The lowest BCUT2D eigenvalue weighted by Crippen LogP contribution is -2.02. The van der Waals surface area contributed by atoms with E-state index in [1.807, 2.05) is 12.1 Å². The summed E-state index contributed by atoms with van der Waals surface area (Å²) >= 11 is 0. The molecule has 1 aromatic heterocycles. The van der Waals surface area contributed by atoms with Crippen molar-refractivity contribution in [3.8, 4) is 6.07 Å². The van der Waals surface area contributed by atoms with Gasteiger partial charge in [-0.15, -0.1) is 0 Å². The van der Waals surface area contributed by atoms with Crippen molar-refractivity contribution in [3.63, 3.8) is 0 Å². The first kappa shape index (κ1) is 10.1. The Morgan fingerprint density at radius 3 is 2.78 bits per heavy atom. The molecule has 0 saturated heterocycles. The van der Waals surface area contributed by atoms with E-state index in [9.17, 15) is 0 Å². The first-order valence-electron chi connectivity index (χ1n) is 6.76. The molecule has 3 heteroatoms. The lowest BCUT2D eigenvalue weighted by molar-refractivity contribution is 0.664.